The Kier molecular flexibility index (Phi) is 8.64. The number of anilines is 2. The number of hydrogen-bond donors (Lipinski definition) is 1. The third-order valence-electron chi connectivity index (χ3n) is 4.77. The third kappa shape index (κ3) is 6.57. The number of ether oxygens (including phenoxy) is 1. The average molecular weight is 489 g/mol. The highest BCUT2D eigenvalue weighted by Gasteiger charge is 2.32. The predicted octanol–water partition coefficient (Wildman–Crippen LogP) is 4.36. The van der Waals surface area contributed by atoms with Crippen LogP contribution in [0.5, 0.6) is 5.75 Å². The first kappa shape index (κ1) is 25.2. The summed E-state index contributed by atoms with van der Waals surface area (Å²) in [6.07, 6.45) is 2.49. The third-order valence-corrected chi connectivity index (χ3v) is 5.71. The zero-order valence-electron chi connectivity index (χ0n) is 19.1. The van der Waals surface area contributed by atoms with Crippen molar-refractivity contribution in [2.45, 2.75) is 20.0 Å². The van der Waals surface area contributed by atoms with Crippen molar-refractivity contribution in [2.24, 2.45) is 4.99 Å². The number of thioether (sulfide) groups is 1. The summed E-state index contributed by atoms with van der Waals surface area (Å²) < 4.78 is 29.4. The molecule has 34 heavy (non-hydrogen) atoms. The smallest absolute Gasteiger partial charge is 0.387 e. The van der Waals surface area contributed by atoms with Gasteiger partial charge in [0.1, 0.15) is 11.4 Å². The number of aliphatic imine (C=N–C) groups is 1. The van der Waals surface area contributed by atoms with Gasteiger partial charge in [0.2, 0.25) is 5.91 Å². The van der Waals surface area contributed by atoms with Crippen molar-refractivity contribution in [3.63, 3.8) is 0 Å². The van der Waals surface area contributed by atoms with Gasteiger partial charge in [0.05, 0.1) is 11.4 Å². The minimum atomic E-state index is -2.94. The molecule has 1 aliphatic rings. The number of nitrogens with one attached hydrogen (secondary N) is 1. The fourth-order valence-electron chi connectivity index (χ4n) is 3.07. The molecule has 180 valence electrons. The van der Waals surface area contributed by atoms with Gasteiger partial charge in [-0.1, -0.05) is 30.8 Å². The van der Waals surface area contributed by atoms with E-state index in [1.807, 2.05) is 50.2 Å². The van der Waals surface area contributed by atoms with Crippen LogP contribution >= 0.6 is 11.8 Å². The van der Waals surface area contributed by atoms with Crippen LogP contribution in [0.1, 0.15) is 18.9 Å². The first-order chi connectivity index (χ1) is 16.3. The van der Waals surface area contributed by atoms with Crippen LogP contribution in [0, 0.1) is 0 Å². The molecule has 0 bridgehead atoms. The summed E-state index contributed by atoms with van der Waals surface area (Å²) in [6, 6.07) is 13.3. The van der Waals surface area contributed by atoms with Gasteiger partial charge in [-0.15, -0.1) is 0 Å². The Labute approximate surface area is 201 Å². The van der Waals surface area contributed by atoms with Crippen molar-refractivity contribution in [1.82, 2.24) is 5.32 Å². The van der Waals surface area contributed by atoms with Crippen LogP contribution in [-0.4, -0.2) is 50.0 Å². The van der Waals surface area contributed by atoms with Crippen LogP contribution in [0.2, 0.25) is 0 Å². The van der Waals surface area contributed by atoms with E-state index in [0.29, 0.717) is 17.4 Å². The molecule has 7 nitrogen and oxygen atoms in total. The molecule has 0 fully saturated rings. The zero-order chi connectivity index (χ0) is 24.7. The molecule has 1 aliphatic heterocycles. The summed E-state index contributed by atoms with van der Waals surface area (Å²) in [5.74, 6) is -0.484. The van der Waals surface area contributed by atoms with E-state index in [4.69, 9.17) is 0 Å². The molecule has 2 aromatic rings. The molecule has 1 heterocycles. The van der Waals surface area contributed by atoms with Crippen LogP contribution in [0.4, 0.5) is 20.2 Å². The molecule has 10 heteroatoms. The molecular formula is C24H26F2N4O3S. The maximum atomic E-state index is 13.2. The number of amidine groups is 1. The lowest BCUT2D eigenvalue weighted by Crippen LogP contribution is -2.32. The van der Waals surface area contributed by atoms with Gasteiger partial charge in [-0.2, -0.15) is 8.78 Å². The maximum Gasteiger partial charge on any atom is 0.387 e. The second kappa shape index (κ2) is 11.6. The van der Waals surface area contributed by atoms with Crippen molar-refractivity contribution >= 4 is 46.2 Å². The molecule has 0 radical (unpaired) electrons. The van der Waals surface area contributed by atoms with Crippen LogP contribution in [0.3, 0.4) is 0 Å². The second-order valence-corrected chi connectivity index (χ2v) is 8.50. The summed E-state index contributed by atoms with van der Waals surface area (Å²) in [7, 11) is 3.88. The van der Waals surface area contributed by atoms with Crippen molar-refractivity contribution in [3.05, 3.63) is 59.8 Å². The van der Waals surface area contributed by atoms with Crippen molar-refractivity contribution in [3.8, 4) is 5.75 Å². The van der Waals surface area contributed by atoms with Crippen molar-refractivity contribution < 1.29 is 23.1 Å². The minimum absolute atomic E-state index is 0.0211. The molecule has 2 aromatic carbocycles. The van der Waals surface area contributed by atoms with E-state index < -0.39 is 6.61 Å². The molecular weight excluding hydrogens is 462 g/mol. The minimum Gasteiger partial charge on any atom is -0.435 e. The highest BCUT2D eigenvalue weighted by Crippen LogP contribution is 2.31. The number of carbonyl (C=O) groups excluding carboxylic acids is 2. The highest BCUT2D eigenvalue weighted by atomic mass is 32.2. The van der Waals surface area contributed by atoms with E-state index in [-0.39, 0.29) is 29.0 Å². The predicted molar refractivity (Wildman–Crippen MR) is 132 cm³/mol. The van der Waals surface area contributed by atoms with E-state index in [9.17, 15) is 18.4 Å². The number of halogens is 2. The average Bonchev–Trinajstić information content (AvgIpc) is 3.11. The molecule has 1 N–H and O–H groups in total. The van der Waals surface area contributed by atoms with Gasteiger partial charge in [0.25, 0.3) is 5.91 Å². The molecule has 0 unspecified atom stereocenters. The van der Waals surface area contributed by atoms with Crippen LogP contribution in [0.25, 0.3) is 6.08 Å². The highest BCUT2D eigenvalue weighted by molar-refractivity contribution is 8.14. The first-order valence-electron chi connectivity index (χ1n) is 10.6. The summed E-state index contributed by atoms with van der Waals surface area (Å²) in [6.45, 7) is -0.422. The molecule has 0 atom stereocenters. The Hall–Kier alpha value is -3.40. The quantitative estimate of drug-likeness (QED) is 0.531. The maximum absolute atomic E-state index is 13.2. The molecule has 0 aromatic heterocycles. The van der Waals surface area contributed by atoms with Crippen molar-refractivity contribution in [2.75, 3.05) is 36.2 Å². The first-order valence-corrected chi connectivity index (χ1v) is 11.6. The second-order valence-electron chi connectivity index (χ2n) is 7.56. The van der Waals surface area contributed by atoms with Gasteiger partial charge in [0.15, 0.2) is 5.17 Å². The Morgan fingerprint density at radius 2 is 1.85 bits per heavy atom. The fourth-order valence-corrected chi connectivity index (χ4v) is 3.91. The SMILES string of the molecule is CCCNC(=O)CSC1=NC(=Cc2ccc(N(C)C)cc2)C(=O)N1c1ccc(OC(F)F)cc1. The standard InChI is InChI=1S/C24H26F2N4O3S/c1-4-13-27-21(31)15-34-24-28-20(14-16-5-7-17(8-6-16)29(2)3)22(32)30(24)18-9-11-19(12-10-18)33-23(25)26/h5-12,14,23H,4,13,15H2,1-3H3,(H,27,31). The summed E-state index contributed by atoms with van der Waals surface area (Å²) in [4.78, 5) is 33.2. The van der Waals surface area contributed by atoms with E-state index in [1.54, 1.807) is 6.08 Å². The largest absolute Gasteiger partial charge is 0.435 e. The van der Waals surface area contributed by atoms with E-state index >= 15 is 0 Å². The Balaban J connectivity index is 1.87. The topological polar surface area (TPSA) is 74.2 Å². The Bertz CT molecular complexity index is 1070. The lowest BCUT2D eigenvalue weighted by Gasteiger charge is -2.18. The number of alkyl halides is 2. The number of hydrogen-bond acceptors (Lipinski definition) is 6. The fraction of sp³-hybridized carbons (Fsp3) is 0.292. The molecule has 2 amide bonds. The van der Waals surface area contributed by atoms with Gasteiger partial charge >= 0.3 is 6.61 Å². The van der Waals surface area contributed by atoms with Gasteiger partial charge in [-0.25, -0.2) is 4.99 Å². The van der Waals surface area contributed by atoms with Crippen LogP contribution in [-0.2, 0) is 9.59 Å². The number of nitrogens with zero attached hydrogens (tertiary/aromatic N) is 3. The molecule has 0 saturated heterocycles. The lowest BCUT2D eigenvalue weighted by atomic mass is 10.1. The number of rotatable bonds is 9. The Morgan fingerprint density at radius 1 is 1.18 bits per heavy atom. The molecule has 0 spiro atoms. The zero-order valence-corrected chi connectivity index (χ0v) is 19.9. The summed E-state index contributed by atoms with van der Waals surface area (Å²) in [5.41, 5.74) is 2.45. The summed E-state index contributed by atoms with van der Waals surface area (Å²) >= 11 is 1.13. The Morgan fingerprint density at radius 3 is 2.44 bits per heavy atom. The van der Waals surface area contributed by atoms with E-state index in [2.05, 4.69) is 15.0 Å². The molecule has 3 rings (SSSR count). The van der Waals surface area contributed by atoms with Gasteiger partial charge in [-0.05, 0) is 54.5 Å². The van der Waals surface area contributed by atoms with Gasteiger partial charge < -0.3 is 15.0 Å². The van der Waals surface area contributed by atoms with E-state index in [1.165, 1.54) is 29.2 Å². The normalized spacial score (nSPS) is 14.5. The number of amides is 2. The molecule has 0 saturated carbocycles. The van der Waals surface area contributed by atoms with Crippen molar-refractivity contribution in [1.29, 1.82) is 0 Å². The number of benzene rings is 2. The van der Waals surface area contributed by atoms with Gasteiger partial charge in [0, 0.05) is 26.3 Å². The van der Waals surface area contributed by atoms with Gasteiger partial charge in [-0.3, -0.25) is 14.5 Å². The summed E-state index contributed by atoms with van der Waals surface area (Å²) in [5, 5.41) is 3.12. The lowest BCUT2D eigenvalue weighted by molar-refractivity contribution is -0.118. The number of carbonyl (C=O) groups is 2. The van der Waals surface area contributed by atoms with Crippen LogP contribution < -0.4 is 19.9 Å². The monoisotopic (exact) mass is 488 g/mol. The molecule has 0 aliphatic carbocycles. The van der Waals surface area contributed by atoms with Crippen LogP contribution in [0.15, 0.2) is 59.2 Å². The van der Waals surface area contributed by atoms with E-state index in [0.717, 1.165) is 29.4 Å².